The molecule has 3 aromatic rings. The van der Waals surface area contributed by atoms with Crippen molar-refractivity contribution in [2.45, 2.75) is 20.4 Å². The maximum atomic E-state index is 12.4. The van der Waals surface area contributed by atoms with E-state index < -0.39 is 0 Å². The van der Waals surface area contributed by atoms with Gasteiger partial charge in [-0.1, -0.05) is 0 Å². The van der Waals surface area contributed by atoms with E-state index >= 15 is 0 Å². The molecule has 0 bridgehead atoms. The summed E-state index contributed by atoms with van der Waals surface area (Å²) in [6.45, 7) is 7.10. The van der Waals surface area contributed by atoms with E-state index in [0.717, 1.165) is 36.1 Å². The summed E-state index contributed by atoms with van der Waals surface area (Å²) in [6, 6.07) is 3.79. The average Bonchev–Trinajstić information content (AvgIpc) is 3.32. The summed E-state index contributed by atoms with van der Waals surface area (Å²) < 4.78 is 3.62. The zero-order chi connectivity index (χ0) is 18.8. The molecule has 1 fully saturated rings. The molecule has 9 nitrogen and oxygen atoms in total. The van der Waals surface area contributed by atoms with Crippen LogP contribution < -0.4 is 4.90 Å². The van der Waals surface area contributed by atoms with E-state index in [9.17, 15) is 4.79 Å². The van der Waals surface area contributed by atoms with Gasteiger partial charge in [-0.3, -0.25) is 14.0 Å². The molecule has 0 unspecified atom stereocenters. The second kappa shape index (κ2) is 7.18. The second-order valence-corrected chi connectivity index (χ2v) is 6.59. The molecule has 0 aromatic carbocycles. The first-order valence-corrected chi connectivity index (χ1v) is 8.95. The van der Waals surface area contributed by atoms with Crippen molar-refractivity contribution in [1.82, 2.24) is 34.2 Å². The lowest BCUT2D eigenvalue weighted by atomic mass is 10.3. The molecule has 0 aliphatic carbocycles. The Labute approximate surface area is 157 Å². The molecular weight excluding hydrogens is 344 g/mol. The number of nitrogens with zero attached hydrogens (tertiary/aromatic N) is 8. The van der Waals surface area contributed by atoms with Gasteiger partial charge in [-0.15, -0.1) is 0 Å². The minimum atomic E-state index is 0.0891. The van der Waals surface area contributed by atoms with Gasteiger partial charge in [0.15, 0.2) is 0 Å². The van der Waals surface area contributed by atoms with Gasteiger partial charge in [0.05, 0.1) is 5.69 Å². The van der Waals surface area contributed by atoms with Gasteiger partial charge < -0.3 is 9.80 Å². The third-order valence-electron chi connectivity index (χ3n) is 4.95. The molecule has 140 valence electrons. The number of aryl methyl sites for hydroxylation is 1. The Morgan fingerprint density at radius 1 is 1.07 bits per heavy atom. The van der Waals surface area contributed by atoms with E-state index in [1.54, 1.807) is 29.7 Å². The van der Waals surface area contributed by atoms with E-state index in [0.29, 0.717) is 13.1 Å². The number of hydrogen-bond acceptors (Lipinski definition) is 6. The van der Waals surface area contributed by atoms with Crippen LogP contribution in [0.5, 0.6) is 0 Å². The highest BCUT2D eigenvalue weighted by Crippen LogP contribution is 2.18. The smallest absolute Gasteiger partial charge is 0.244 e. The molecule has 0 radical (unpaired) electrons. The van der Waals surface area contributed by atoms with E-state index in [-0.39, 0.29) is 12.5 Å². The third-order valence-corrected chi connectivity index (χ3v) is 4.95. The number of piperazine rings is 1. The molecule has 27 heavy (non-hydrogen) atoms. The Morgan fingerprint density at radius 2 is 1.85 bits per heavy atom. The Balaban J connectivity index is 1.42. The molecule has 4 rings (SSSR count). The minimum absolute atomic E-state index is 0.0891. The molecule has 9 heteroatoms. The number of imidazole rings is 1. The standard InChI is InChI=1S/C18H22N8O/c1-14-15(2)26(13-21-14)17-10-16(19-12-20-17)23-6-8-24(9-7-23)18(27)11-25-5-3-4-22-25/h3-5,10,12-13H,6-9,11H2,1-2H3. The summed E-state index contributed by atoms with van der Waals surface area (Å²) >= 11 is 0. The molecule has 3 aromatic heterocycles. The monoisotopic (exact) mass is 366 g/mol. The minimum Gasteiger partial charge on any atom is -0.353 e. The summed E-state index contributed by atoms with van der Waals surface area (Å²) in [5, 5.41) is 4.10. The molecule has 1 amide bonds. The Bertz CT molecular complexity index is 925. The fraction of sp³-hybridized carbons (Fsp3) is 0.389. The van der Waals surface area contributed by atoms with Crippen LogP contribution in [0.25, 0.3) is 5.82 Å². The van der Waals surface area contributed by atoms with Crippen LogP contribution in [0.4, 0.5) is 5.82 Å². The third kappa shape index (κ3) is 3.53. The number of amides is 1. The van der Waals surface area contributed by atoms with Crippen LogP contribution >= 0.6 is 0 Å². The van der Waals surface area contributed by atoms with Gasteiger partial charge in [0.1, 0.15) is 30.8 Å². The van der Waals surface area contributed by atoms with E-state index in [2.05, 4.69) is 25.0 Å². The number of hydrogen-bond donors (Lipinski definition) is 0. The lowest BCUT2D eigenvalue weighted by Gasteiger charge is -2.35. The second-order valence-electron chi connectivity index (χ2n) is 6.59. The van der Waals surface area contributed by atoms with Crippen LogP contribution in [0.1, 0.15) is 11.4 Å². The summed E-state index contributed by atoms with van der Waals surface area (Å²) in [7, 11) is 0. The highest BCUT2D eigenvalue weighted by Gasteiger charge is 2.22. The maximum Gasteiger partial charge on any atom is 0.244 e. The summed E-state index contributed by atoms with van der Waals surface area (Å²) in [4.78, 5) is 29.6. The van der Waals surface area contributed by atoms with Crippen molar-refractivity contribution >= 4 is 11.7 Å². The molecule has 4 heterocycles. The quantitative estimate of drug-likeness (QED) is 0.680. The number of rotatable bonds is 4. The van der Waals surface area contributed by atoms with Gasteiger partial charge in [0.25, 0.3) is 0 Å². The van der Waals surface area contributed by atoms with Crippen molar-refractivity contribution < 1.29 is 4.79 Å². The molecule has 1 aliphatic heterocycles. The molecular formula is C18H22N8O. The van der Waals surface area contributed by atoms with Crippen molar-refractivity contribution in [2.24, 2.45) is 0 Å². The number of carbonyl (C=O) groups is 1. The van der Waals surface area contributed by atoms with E-state index in [1.165, 1.54) is 0 Å². The van der Waals surface area contributed by atoms with Gasteiger partial charge in [-0.25, -0.2) is 15.0 Å². The summed E-state index contributed by atoms with van der Waals surface area (Å²) in [6.07, 6.45) is 6.84. The molecule has 0 saturated carbocycles. The van der Waals surface area contributed by atoms with Gasteiger partial charge in [0.2, 0.25) is 5.91 Å². The van der Waals surface area contributed by atoms with Crippen molar-refractivity contribution in [3.8, 4) is 5.82 Å². The van der Waals surface area contributed by atoms with Gasteiger partial charge in [-0.05, 0) is 19.9 Å². The topological polar surface area (TPSA) is 85.0 Å². The van der Waals surface area contributed by atoms with Crippen LogP contribution in [0.2, 0.25) is 0 Å². The van der Waals surface area contributed by atoms with Crippen molar-refractivity contribution in [2.75, 3.05) is 31.1 Å². The van der Waals surface area contributed by atoms with Gasteiger partial charge in [-0.2, -0.15) is 5.10 Å². The fourth-order valence-electron chi connectivity index (χ4n) is 3.19. The predicted molar refractivity (Wildman–Crippen MR) is 99.6 cm³/mol. The normalized spacial score (nSPS) is 14.6. The molecule has 1 saturated heterocycles. The van der Waals surface area contributed by atoms with Gasteiger partial charge in [0, 0.05) is 50.3 Å². The zero-order valence-corrected chi connectivity index (χ0v) is 15.5. The van der Waals surface area contributed by atoms with Gasteiger partial charge >= 0.3 is 0 Å². The van der Waals surface area contributed by atoms with E-state index in [4.69, 9.17) is 0 Å². The summed E-state index contributed by atoms with van der Waals surface area (Å²) in [5.41, 5.74) is 2.05. The molecule has 1 aliphatic rings. The van der Waals surface area contributed by atoms with Crippen LogP contribution in [0, 0.1) is 13.8 Å². The number of anilines is 1. The van der Waals surface area contributed by atoms with Crippen molar-refractivity contribution in [3.63, 3.8) is 0 Å². The van der Waals surface area contributed by atoms with E-state index in [1.807, 2.05) is 35.4 Å². The zero-order valence-electron chi connectivity index (χ0n) is 15.5. The van der Waals surface area contributed by atoms with Crippen LogP contribution in [0.15, 0.2) is 37.2 Å². The highest BCUT2D eigenvalue weighted by atomic mass is 16.2. The maximum absolute atomic E-state index is 12.4. The average molecular weight is 366 g/mol. The first-order chi connectivity index (χ1) is 13.1. The molecule has 0 atom stereocenters. The number of carbonyl (C=O) groups excluding carboxylic acids is 1. The fourth-order valence-corrected chi connectivity index (χ4v) is 3.19. The Hall–Kier alpha value is -3.23. The largest absolute Gasteiger partial charge is 0.353 e. The molecule has 0 N–H and O–H groups in total. The SMILES string of the molecule is Cc1ncn(-c2cc(N3CCN(C(=O)Cn4cccn4)CC3)ncn2)c1C. The lowest BCUT2D eigenvalue weighted by molar-refractivity contribution is -0.132. The van der Waals surface area contributed by atoms with Crippen LogP contribution in [0.3, 0.4) is 0 Å². The summed E-state index contributed by atoms with van der Waals surface area (Å²) in [5.74, 6) is 1.76. The van der Waals surface area contributed by atoms with Crippen molar-refractivity contribution in [3.05, 3.63) is 48.6 Å². The predicted octanol–water partition coefficient (Wildman–Crippen LogP) is 0.824. The first-order valence-electron chi connectivity index (χ1n) is 8.95. The molecule has 0 spiro atoms. The Morgan fingerprint density at radius 3 is 2.52 bits per heavy atom. The first kappa shape index (κ1) is 17.2. The van der Waals surface area contributed by atoms with Crippen LogP contribution in [-0.2, 0) is 11.3 Å². The lowest BCUT2D eigenvalue weighted by Crippen LogP contribution is -2.49. The highest BCUT2D eigenvalue weighted by molar-refractivity contribution is 5.76. The number of aromatic nitrogens is 6. The van der Waals surface area contributed by atoms with Crippen LogP contribution in [-0.4, -0.2) is 66.3 Å². The van der Waals surface area contributed by atoms with Crippen molar-refractivity contribution in [1.29, 1.82) is 0 Å². The Kier molecular flexibility index (Phi) is 4.57.